The summed E-state index contributed by atoms with van der Waals surface area (Å²) in [4.78, 5) is 26.9. The van der Waals surface area contributed by atoms with E-state index in [9.17, 15) is 27.9 Å². The number of likely N-dealkylation sites (tertiary alicyclic amines) is 1. The molecule has 1 amide bonds. The van der Waals surface area contributed by atoms with Crippen LogP contribution in [0.4, 0.5) is 18.9 Å². The minimum atomic E-state index is -4.48. The maximum absolute atomic E-state index is 13.7. The second-order valence-electron chi connectivity index (χ2n) is 11.2. The monoisotopic (exact) mass is 615 g/mol. The van der Waals surface area contributed by atoms with Crippen molar-refractivity contribution in [3.63, 3.8) is 0 Å². The van der Waals surface area contributed by atoms with Gasteiger partial charge in [0.2, 0.25) is 0 Å². The Morgan fingerprint density at radius 3 is 2.68 bits per heavy atom. The number of ether oxygens (including phenoxy) is 2. The van der Waals surface area contributed by atoms with Gasteiger partial charge >= 0.3 is 12.1 Å². The first-order valence-corrected chi connectivity index (χ1v) is 14.6. The van der Waals surface area contributed by atoms with Crippen LogP contribution in [0.15, 0.2) is 36.7 Å². The van der Waals surface area contributed by atoms with Crippen LogP contribution in [-0.4, -0.2) is 96.3 Å². The molecule has 0 radical (unpaired) electrons. The Balaban J connectivity index is 1.47. The van der Waals surface area contributed by atoms with Gasteiger partial charge in [-0.2, -0.15) is 13.2 Å². The SMILES string of the molecule is CN1CCC2Nc3cccc4c3cc(n4CC(F)(F)F)C#CCNC(=O)c3cn(cc3C(=O)O)CCOCCOCCC2C1. The Labute approximate surface area is 253 Å². The van der Waals surface area contributed by atoms with Crippen molar-refractivity contribution in [1.29, 1.82) is 0 Å². The lowest BCUT2D eigenvalue weighted by Crippen LogP contribution is -2.45. The molecule has 2 atom stereocenters. The van der Waals surface area contributed by atoms with Crippen LogP contribution >= 0.6 is 0 Å². The molecule has 0 saturated carbocycles. The summed E-state index contributed by atoms with van der Waals surface area (Å²) in [6.45, 7) is 2.28. The van der Waals surface area contributed by atoms with E-state index in [0.717, 1.165) is 36.2 Å². The van der Waals surface area contributed by atoms with Crippen LogP contribution in [0.1, 0.15) is 39.3 Å². The van der Waals surface area contributed by atoms with E-state index < -0.39 is 24.6 Å². The number of carboxylic acid groups (broad SMARTS) is 1. The summed E-state index contributed by atoms with van der Waals surface area (Å²) in [6.07, 6.45) is -0.0160. The number of rotatable bonds is 2. The predicted octanol–water partition coefficient (Wildman–Crippen LogP) is 3.65. The number of benzene rings is 1. The molecule has 3 aromatic rings. The van der Waals surface area contributed by atoms with E-state index in [2.05, 4.69) is 34.4 Å². The van der Waals surface area contributed by atoms with Crippen LogP contribution in [0.5, 0.6) is 0 Å². The fraction of sp³-hybridized carbons (Fsp3) is 0.484. The number of piperidine rings is 1. The topological polar surface area (TPSA) is 110 Å². The Bertz CT molecular complexity index is 1550. The molecule has 2 unspecified atom stereocenters. The Kier molecular flexibility index (Phi) is 9.83. The van der Waals surface area contributed by atoms with E-state index in [1.807, 2.05) is 6.07 Å². The summed E-state index contributed by atoms with van der Waals surface area (Å²) >= 11 is 0. The van der Waals surface area contributed by atoms with E-state index in [4.69, 9.17) is 9.47 Å². The summed E-state index contributed by atoms with van der Waals surface area (Å²) in [6, 6.07) is 7.00. The average molecular weight is 616 g/mol. The molecule has 4 bridgehead atoms. The summed E-state index contributed by atoms with van der Waals surface area (Å²) in [5.41, 5.74) is 1.07. The van der Waals surface area contributed by atoms with Gasteiger partial charge in [-0.25, -0.2) is 4.79 Å². The molecule has 2 aromatic heterocycles. The van der Waals surface area contributed by atoms with Crippen LogP contribution in [-0.2, 0) is 22.6 Å². The molecule has 1 fully saturated rings. The number of carbonyl (C=O) groups excluding carboxylic acids is 1. The first-order chi connectivity index (χ1) is 21.1. The molecule has 1 saturated heterocycles. The molecule has 4 heterocycles. The van der Waals surface area contributed by atoms with Crippen LogP contribution < -0.4 is 10.6 Å². The molecule has 236 valence electrons. The van der Waals surface area contributed by atoms with E-state index in [1.165, 1.54) is 12.4 Å². The molecule has 44 heavy (non-hydrogen) atoms. The van der Waals surface area contributed by atoms with Crippen molar-refractivity contribution >= 4 is 28.5 Å². The number of nitrogens with zero attached hydrogens (tertiary/aromatic N) is 3. The number of amides is 1. The second-order valence-corrected chi connectivity index (χ2v) is 11.2. The van der Waals surface area contributed by atoms with Gasteiger partial charge in [0.25, 0.3) is 5.91 Å². The van der Waals surface area contributed by atoms with Gasteiger partial charge < -0.3 is 39.2 Å². The normalized spacial score (nSPS) is 21.1. The number of carbonyl (C=O) groups is 2. The quantitative estimate of drug-likeness (QED) is 0.378. The number of carboxylic acids is 1. The molecule has 1 aromatic carbocycles. The summed E-state index contributed by atoms with van der Waals surface area (Å²) in [5, 5.41) is 16.4. The van der Waals surface area contributed by atoms with Gasteiger partial charge in [-0.3, -0.25) is 4.79 Å². The average Bonchev–Trinajstić information content (AvgIpc) is 3.55. The number of alkyl halides is 3. The van der Waals surface area contributed by atoms with Crippen molar-refractivity contribution in [1.82, 2.24) is 19.4 Å². The maximum atomic E-state index is 13.7. The van der Waals surface area contributed by atoms with Gasteiger partial charge in [-0.1, -0.05) is 12.0 Å². The molecular formula is C31H36F3N5O5. The smallest absolute Gasteiger partial charge is 0.406 e. The van der Waals surface area contributed by atoms with Gasteiger partial charge in [0.1, 0.15) is 6.54 Å². The number of nitrogens with one attached hydrogen (secondary N) is 2. The Morgan fingerprint density at radius 1 is 1.11 bits per heavy atom. The van der Waals surface area contributed by atoms with Crippen molar-refractivity contribution in [3.05, 3.63) is 53.5 Å². The van der Waals surface area contributed by atoms with Crippen molar-refractivity contribution in [2.45, 2.75) is 38.1 Å². The number of hydrogen-bond donors (Lipinski definition) is 3. The number of hydrogen-bond acceptors (Lipinski definition) is 6. The van der Waals surface area contributed by atoms with Crippen LogP contribution in [0, 0.1) is 17.8 Å². The first-order valence-electron chi connectivity index (χ1n) is 14.6. The lowest BCUT2D eigenvalue weighted by atomic mass is 9.89. The molecule has 2 aliphatic rings. The zero-order valence-electron chi connectivity index (χ0n) is 24.5. The van der Waals surface area contributed by atoms with Gasteiger partial charge in [-0.05, 0) is 56.5 Å². The molecule has 0 aliphatic carbocycles. The second kappa shape index (κ2) is 13.8. The highest BCUT2D eigenvalue weighted by Crippen LogP contribution is 2.32. The zero-order valence-corrected chi connectivity index (χ0v) is 24.5. The number of anilines is 1. The minimum Gasteiger partial charge on any atom is -0.478 e. The fourth-order valence-electron chi connectivity index (χ4n) is 5.83. The standard InChI is InChI=1S/C31H36F3N5O5/c1-37-10-7-26-21(17-37)8-12-43-14-15-44-13-11-38-18-24(25(19-38)30(41)42)29(40)35-9-3-4-22-16-23-27(36-26)5-2-6-28(23)39(22)20-31(32,33)34/h2,5-6,16,18-19,21,26,36H,7-15,17,20H2,1H3,(H,35,40)(H,41,42). The predicted molar refractivity (Wildman–Crippen MR) is 158 cm³/mol. The fourth-order valence-corrected chi connectivity index (χ4v) is 5.83. The highest BCUT2D eigenvalue weighted by Gasteiger charge is 2.31. The number of aromatic nitrogens is 2. The van der Waals surface area contributed by atoms with Gasteiger partial charge in [-0.15, -0.1) is 0 Å². The van der Waals surface area contributed by atoms with Crippen molar-refractivity contribution < 1.29 is 37.3 Å². The van der Waals surface area contributed by atoms with Crippen LogP contribution in [0.2, 0.25) is 0 Å². The maximum Gasteiger partial charge on any atom is 0.406 e. The lowest BCUT2D eigenvalue weighted by molar-refractivity contribution is -0.140. The third-order valence-corrected chi connectivity index (χ3v) is 7.97. The summed E-state index contributed by atoms with van der Waals surface area (Å²) in [7, 11) is 2.08. The molecule has 10 nitrogen and oxygen atoms in total. The Hall–Kier alpha value is -3.99. The number of fused-ring (bicyclic) bond motifs is 4. The van der Waals surface area contributed by atoms with E-state index in [0.29, 0.717) is 43.9 Å². The lowest BCUT2D eigenvalue weighted by Gasteiger charge is -2.38. The molecule has 3 N–H and O–H groups in total. The van der Waals surface area contributed by atoms with Gasteiger partial charge in [0.05, 0.1) is 48.7 Å². The first kappa shape index (κ1) is 31.4. The van der Waals surface area contributed by atoms with Crippen LogP contribution in [0.25, 0.3) is 10.9 Å². The number of aromatic carboxylic acids is 1. The molecule has 13 heteroatoms. The molecule has 0 spiro atoms. The minimum absolute atomic E-state index is 0.0463. The largest absolute Gasteiger partial charge is 0.478 e. The van der Waals surface area contributed by atoms with Crippen molar-refractivity contribution in [3.8, 4) is 11.8 Å². The number of halogens is 3. The molecular weight excluding hydrogens is 579 g/mol. The van der Waals surface area contributed by atoms with Crippen molar-refractivity contribution in [2.75, 3.05) is 58.4 Å². The van der Waals surface area contributed by atoms with E-state index >= 15 is 0 Å². The summed E-state index contributed by atoms with van der Waals surface area (Å²) in [5.74, 6) is 3.88. The molecule has 5 rings (SSSR count). The van der Waals surface area contributed by atoms with Gasteiger partial charge in [0.15, 0.2) is 0 Å². The van der Waals surface area contributed by atoms with Crippen LogP contribution in [0.3, 0.4) is 0 Å². The third-order valence-electron chi connectivity index (χ3n) is 7.97. The van der Waals surface area contributed by atoms with Crippen molar-refractivity contribution in [2.24, 2.45) is 5.92 Å². The van der Waals surface area contributed by atoms with E-state index in [1.54, 1.807) is 22.8 Å². The van der Waals surface area contributed by atoms with E-state index in [-0.39, 0.29) is 35.3 Å². The highest BCUT2D eigenvalue weighted by atomic mass is 19.4. The van der Waals surface area contributed by atoms with Gasteiger partial charge in [0, 0.05) is 49.2 Å². The third kappa shape index (κ3) is 7.74. The highest BCUT2D eigenvalue weighted by molar-refractivity contribution is 6.04. The zero-order chi connectivity index (χ0) is 31.3. The molecule has 2 aliphatic heterocycles. The summed E-state index contributed by atoms with van der Waals surface area (Å²) < 4.78 is 55.2. The Morgan fingerprint density at radius 2 is 1.91 bits per heavy atom.